The third-order valence-corrected chi connectivity index (χ3v) is 1.73. The van der Waals surface area contributed by atoms with Crippen molar-refractivity contribution in [1.82, 2.24) is 0 Å². The van der Waals surface area contributed by atoms with Gasteiger partial charge >= 0.3 is 5.97 Å². The molecule has 0 saturated carbocycles. The lowest BCUT2D eigenvalue weighted by molar-refractivity contribution is -0.141. The molecule has 0 aliphatic heterocycles. The summed E-state index contributed by atoms with van der Waals surface area (Å²) in [6.07, 6.45) is 0. The van der Waals surface area contributed by atoms with E-state index in [0.29, 0.717) is 5.56 Å². The summed E-state index contributed by atoms with van der Waals surface area (Å²) in [5, 5.41) is 0. The number of hydrogen-bond acceptors (Lipinski definition) is 3. The summed E-state index contributed by atoms with van der Waals surface area (Å²) in [7, 11) is 0. The SMILES string of the molecule is O=C(CS)OCc1ccccc1F. The van der Waals surface area contributed by atoms with Crippen molar-refractivity contribution in [3.05, 3.63) is 35.6 Å². The Bertz CT molecular complexity index is 301. The van der Waals surface area contributed by atoms with E-state index in [9.17, 15) is 9.18 Å². The smallest absolute Gasteiger partial charge is 0.315 e. The van der Waals surface area contributed by atoms with Crippen LogP contribution in [0.3, 0.4) is 0 Å². The monoisotopic (exact) mass is 200 g/mol. The average molecular weight is 200 g/mol. The van der Waals surface area contributed by atoms with E-state index in [4.69, 9.17) is 4.74 Å². The molecule has 0 heterocycles. The van der Waals surface area contributed by atoms with Crippen molar-refractivity contribution in [1.29, 1.82) is 0 Å². The largest absolute Gasteiger partial charge is 0.460 e. The van der Waals surface area contributed by atoms with Crippen LogP contribution in [0.2, 0.25) is 0 Å². The highest BCUT2D eigenvalue weighted by atomic mass is 32.1. The van der Waals surface area contributed by atoms with Crippen molar-refractivity contribution >= 4 is 18.6 Å². The van der Waals surface area contributed by atoms with Crippen LogP contribution < -0.4 is 0 Å². The van der Waals surface area contributed by atoms with Crippen LogP contribution in [-0.4, -0.2) is 11.7 Å². The Morgan fingerprint density at radius 1 is 1.46 bits per heavy atom. The molecule has 0 atom stereocenters. The van der Waals surface area contributed by atoms with Crippen molar-refractivity contribution in [2.45, 2.75) is 6.61 Å². The van der Waals surface area contributed by atoms with Gasteiger partial charge in [-0.3, -0.25) is 4.79 Å². The maximum atomic E-state index is 12.9. The predicted octanol–water partition coefficient (Wildman–Crippen LogP) is 1.80. The number of benzene rings is 1. The van der Waals surface area contributed by atoms with Gasteiger partial charge in [0.15, 0.2) is 0 Å². The van der Waals surface area contributed by atoms with Crippen molar-refractivity contribution in [3.8, 4) is 0 Å². The molecular weight excluding hydrogens is 191 g/mol. The number of carbonyl (C=O) groups is 1. The van der Waals surface area contributed by atoms with E-state index < -0.39 is 5.97 Å². The third kappa shape index (κ3) is 3.06. The molecule has 0 saturated heterocycles. The van der Waals surface area contributed by atoms with Gasteiger partial charge in [0, 0.05) is 5.56 Å². The molecule has 0 N–H and O–H groups in total. The fraction of sp³-hybridized carbons (Fsp3) is 0.222. The second-order valence-corrected chi connectivity index (χ2v) is 2.73. The summed E-state index contributed by atoms with van der Waals surface area (Å²) >= 11 is 3.72. The van der Waals surface area contributed by atoms with E-state index in [1.807, 2.05) is 0 Å². The Morgan fingerprint density at radius 3 is 2.77 bits per heavy atom. The highest BCUT2D eigenvalue weighted by molar-refractivity contribution is 7.81. The second-order valence-electron chi connectivity index (χ2n) is 2.41. The van der Waals surface area contributed by atoms with Crippen LogP contribution in [0, 0.1) is 5.82 Å². The Hall–Kier alpha value is -1.03. The predicted molar refractivity (Wildman–Crippen MR) is 50.0 cm³/mol. The zero-order valence-electron chi connectivity index (χ0n) is 6.87. The molecule has 1 aromatic rings. The van der Waals surface area contributed by atoms with Gasteiger partial charge in [-0.2, -0.15) is 12.6 Å². The molecule has 1 aromatic carbocycles. The quantitative estimate of drug-likeness (QED) is 0.594. The van der Waals surface area contributed by atoms with Crippen LogP contribution in [0.25, 0.3) is 0 Å². The Morgan fingerprint density at radius 2 is 2.15 bits per heavy atom. The molecule has 0 unspecified atom stereocenters. The number of ether oxygens (including phenoxy) is 1. The number of thiol groups is 1. The zero-order valence-corrected chi connectivity index (χ0v) is 7.76. The summed E-state index contributed by atoms with van der Waals surface area (Å²) in [6.45, 7) is -0.0356. The number of carbonyl (C=O) groups excluding carboxylic acids is 1. The topological polar surface area (TPSA) is 26.3 Å². The minimum atomic E-state index is -0.452. The van der Waals surface area contributed by atoms with Gasteiger partial charge in [-0.05, 0) is 6.07 Å². The first-order valence-corrected chi connectivity index (χ1v) is 4.37. The summed E-state index contributed by atoms with van der Waals surface area (Å²) in [5.41, 5.74) is 0.373. The summed E-state index contributed by atoms with van der Waals surface area (Å²) in [4.78, 5) is 10.7. The fourth-order valence-corrected chi connectivity index (χ4v) is 0.911. The molecule has 0 aliphatic rings. The third-order valence-electron chi connectivity index (χ3n) is 1.48. The van der Waals surface area contributed by atoms with Gasteiger partial charge in [0.1, 0.15) is 12.4 Å². The lowest BCUT2D eigenvalue weighted by atomic mass is 10.2. The Balaban J connectivity index is 2.54. The van der Waals surface area contributed by atoms with Crippen LogP contribution in [-0.2, 0) is 16.1 Å². The highest BCUT2D eigenvalue weighted by Crippen LogP contribution is 2.07. The van der Waals surface area contributed by atoms with Crippen LogP contribution in [0.4, 0.5) is 4.39 Å². The molecule has 0 amide bonds. The zero-order chi connectivity index (χ0) is 9.68. The Labute approximate surface area is 81.1 Å². The number of esters is 1. The van der Waals surface area contributed by atoms with Crippen LogP contribution >= 0.6 is 12.6 Å². The first-order valence-electron chi connectivity index (χ1n) is 3.74. The molecule has 0 aliphatic carbocycles. The van der Waals surface area contributed by atoms with Crippen molar-refractivity contribution in [3.63, 3.8) is 0 Å². The van der Waals surface area contributed by atoms with E-state index in [1.165, 1.54) is 6.07 Å². The molecule has 0 radical (unpaired) electrons. The lowest BCUT2D eigenvalue weighted by Crippen LogP contribution is -2.06. The molecule has 13 heavy (non-hydrogen) atoms. The molecule has 0 fully saturated rings. The number of hydrogen-bond donors (Lipinski definition) is 1. The molecule has 2 nitrogen and oxygen atoms in total. The van der Waals surface area contributed by atoms with Gasteiger partial charge < -0.3 is 4.74 Å². The van der Waals surface area contributed by atoms with E-state index in [2.05, 4.69) is 12.6 Å². The highest BCUT2D eigenvalue weighted by Gasteiger charge is 2.03. The minimum absolute atomic E-state index is 0.00839. The van der Waals surface area contributed by atoms with Gasteiger partial charge in [0.25, 0.3) is 0 Å². The maximum absolute atomic E-state index is 12.9. The van der Waals surface area contributed by atoms with E-state index in [1.54, 1.807) is 18.2 Å². The number of halogens is 1. The van der Waals surface area contributed by atoms with E-state index in [0.717, 1.165) is 0 Å². The molecule has 1 rings (SSSR count). The first-order chi connectivity index (χ1) is 6.24. The summed E-state index contributed by atoms with van der Waals surface area (Å²) < 4.78 is 17.6. The summed E-state index contributed by atoms with van der Waals surface area (Å²) in [5.74, 6) is -0.810. The fourth-order valence-electron chi connectivity index (χ4n) is 0.819. The van der Waals surface area contributed by atoms with Crippen LogP contribution in [0.5, 0.6) is 0 Å². The van der Waals surface area contributed by atoms with Gasteiger partial charge in [0.2, 0.25) is 0 Å². The minimum Gasteiger partial charge on any atom is -0.460 e. The van der Waals surface area contributed by atoms with Gasteiger partial charge in [-0.1, -0.05) is 18.2 Å². The summed E-state index contributed by atoms with van der Waals surface area (Å²) in [6, 6.07) is 6.16. The van der Waals surface area contributed by atoms with Gasteiger partial charge in [-0.25, -0.2) is 4.39 Å². The van der Waals surface area contributed by atoms with Crippen LogP contribution in [0.15, 0.2) is 24.3 Å². The molecule has 4 heteroatoms. The van der Waals surface area contributed by atoms with Crippen LogP contribution in [0.1, 0.15) is 5.56 Å². The molecule has 0 spiro atoms. The molecule has 70 valence electrons. The van der Waals surface area contributed by atoms with E-state index >= 15 is 0 Å². The molecular formula is C9H9FO2S. The lowest BCUT2D eigenvalue weighted by Gasteiger charge is -2.03. The van der Waals surface area contributed by atoms with E-state index in [-0.39, 0.29) is 18.2 Å². The van der Waals surface area contributed by atoms with Crippen molar-refractivity contribution < 1.29 is 13.9 Å². The molecule has 0 bridgehead atoms. The second kappa shape index (κ2) is 4.87. The Kier molecular flexibility index (Phi) is 3.76. The van der Waals surface area contributed by atoms with Crippen molar-refractivity contribution in [2.75, 3.05) is 5.75 Å². The van der Waals surface area contributed by atoms with Gasteiger partial charge in [-0.15, -0.1) is 0 Å². The average Bonchev–Trinajstić information content (AvgIpc) is 2.16. The molecule has 0 aromatic heterocycles. The standard InChI is InChI=1S/C9H9FO2S/c10-8-4-2-1-3-7(8)5-12-9(11)6-13/h1-4,13H,5-6H2. The maximum Gasteiger partial charge on any atom is 0.315 e. The first kappa shape index (κ1) is 10.1. The van der Waals surface area contributed by atoms with Crippen molar-refractivity contribution in [2.24, 2.45) is 0 Å². The number of rotatable bonds is 3. The normalized spacial score (nSPS) is 9.69. The van der Waals surface area contributed by atoms with Gasteiger partial charge in [0.05, 0.1) is 5.75 Å².